The molecule has 2 aromatic carbocycles. The standard InChI is InChI=1S/C30H34ClF4N7O/c1-17(36)5-3-6-19-13-23(26(32)24(31)14-19)25-15-21-16-42(29(43)41-28(21)40-25)22-9-7-20(8-10-22)27(30(33,34)35)39-12-4-11-38-18(2)37/h7-10,13-17,27,39H,3-6,11-12,36H2,1-2H3,(H2,37,38)(H,40,41,43)/t17-,27+/m0/s1. The number of nitrogens with two attached hydrogens (primary N) is 1. The number of nitrogens with one attached hydrogen (secondary N) is 4. The Morgan fingerprint density at radius 2 is 1.88 bits per heavy atom. The van der Waals surface area contributed by atoms with Crippen molar-refractivity contribution < 1.29 is 17.6 Å². The van der Waals surface area contributed by atoms with E-state index in [4.69, 9.17) is 22.7 Å². The zero-order valence-corrected chi connectivity index (χ0v) is 24.5. The van der Waals surface area contributed by atoms with E-state index >= 15 is 4.39 Å². The van der Waals surface area contributed by atoms with Crippen molar-refractivity contribution in [1.82, 2.24) is 25.2 Å². The number of H-pyrrole nitrogens is 1. The minimum Gasteiger partial charge on any atom is -0.374 e. The van der Waals surface area contributed by atoms with Gasteiger partial charge in [0.2, 0.25) is 0 Å². The van der Waals surface area contributed by atoms with Crippen LogP contribution in [-0.4, -0.2) is 45.7 Å². The fourth-order valence-electron chi connectivity index (χ4n) is 4.80. The van der Waals surface area contributed by atoms with E-state index in [-0.39, 0.29) is 40.2 Å². The maximum absolute atomic E-state index is 15.0. The minimum absolute atomic E-state index is 0.00776. The molecule has 230 valence electrons. The van der Waals surface area contributed by atoms with E-state index in [0.717, 1.165) is 18.4 Å². The van der Waals surface area contributed by atoms with Crippen molar-refractivity contribution in [1.29, 1.82) is 5.41 Å². The molecule has 13 heteroatoms. The van der Waals surface area contributed by atoms with Gasteiger partial charge in [-0.15, -0.1) is 0 Å². The number of aromatic amines is 1. The van der Waals surface area contributed by atoms with Gasteiger partial charge in [0.15, 0.2) is 5.82 Å². The van der Waals surface area contributed by atoms with Gasteiger partial charge in [0.05, 0.1) is 22.2 Å². The van der Waals surface area contributed by atoms with Gasteiger partial charge in [0.25, 0.3) is 0 Å². The zero-order valence-electron chi connectivity index (χ0n) is 23.8. The summed E-state index contributed by atoms with van der Waals surface area (Å²) in [6.45, 7) is 3.95. The van der Waals surface area contributed by atoms with Crippen molar-refractivity contribution in [2.24, 2.45) is 5.73 Å². The maximum atomic E-state index is 15.0. The zero-order chi connectivity index (χ0) is 31.3. The molecule has 0 saturated carbocycles. The molecule has 2 heterocycles. The molecule has 43 heavy (non-hydrogen) atoms. The summed E-state index contributed by atoms with van der Waals surface area (Å²) in [5.74, 6) is -0.361. The molecule has 0 fully saturated rings. The van der Waals surface area contributed by atoms with Crippen molar-refractivity contribution in [3.8, 4) is 16.9 Å². The van der Waals surface area contributed by atoms with E-state index in [1.165, 1.54) is 35.0 Å². The van der Waals surface area contributed by atoms with Gasteiger partial charge in [-0.05, 0) is 87.5 Å². The molecule has 0 spiro atoms. The van der Waals surface area contributed by atoms with Gasteiger partial charge in [-0.25, -0.2) is 9.18 Å². The molecule has 2 aromatic heterocycles. The minimum atomic E-state index is -4.54. The van der Waals surface area contributed by atoms with Crippen LogP contribution >= 0.6 is 11.6 Å². The Bertz CT molecular complexity index is 1630. The maximum Gasteiger partial charge on any atom is 0.407 e. The number of hydrogen-bond donors (Lipinski definition) is 5. The Hall–Kier alpha value is -3.74. The lowest BCUT2D eigenvalue weighted by Gasteiger charge is -2.22. The lowest BCUT2D eigenvalue weighted by Crippen LogP contribution is -2.36. The number of fused-ring (bicyclic) bond motifs is 1. The Kier molecular flexibility index (Phi) is 10.3. The molecule has 0 aliphatic heterocycles. The van der Waals surface area contributed by atoms with Crippen LogP contribution in [-0.2, 0) is 6.42 Å². The van der Waals surface area contributed by atoms with E-state index in [1.54, 1.807) is 25.1 Å². The van der Waals surface area contributed by atoms with E-state index in [0.29, 0.717) is 36.2 Å². The number of aryl methyl sites for hydroxylation is 1. The second kappa shape index (κ2) is 13.7. The number of benzene rings is 2. The van der Waals surface area contributed by atoms with Crippen LogP contribution in [0.5, 0.6) is 0 Å². The van der Waals surface area contributed by atoms with Gasteiger partial charge in [-0.3, -0.25) is 9.98 Å². The monoisotopic (exact) mass is 619 g/mol. The fraction of sp³-hybridized carbons (Fsp3) is 0.367. The smallest absolute Gasteiger partial charge is 0.374 e. The SMILES string of the molecule is CC(=N)NCCCN[C@H](c1ccc(-n2cc3cc(-c4cc(CCC[C@H](C)N)cc(Cl)c4F)[nH]c3nc2=O)cc1)C(F)(F)F. The number of hydrogen-bond acceptors (Lipinski definition) is 5. The number of nitrogens with zero attached hydrogens (tertiary/aromatic N) is 2. The molecule has 8 nitrogen and oxygen atoms in total. The van der Waals surface area contributed by atoms with Gasteiger partial charge in [-0.1, -0.05) is 23.7 Å². The quantitative estimate of drug-likeness (QED) is 0.0575. The van der Waals surface area contributed by atoms with E-state index in [2.05, 4.69) is 20.6 Å². The highest BCUT2D eigenvalue weighted by atomic mass is 35.5. The summed E-state index contributed by atoms with van der Waals surface area (Å²) in [5.41, 5.74) is 7.19. The van der Waals surface area contributed by atoms with Crippen LogP contribution in [0.2, 0.25) is 5.02 Å². The number of aromatic nitrogens is 3. The predicted molar refractivity (Wildman–Crippen MR) is 162 cm³/mol. The second-order valence-electron chi connectivity index (χ2n) is 10.6. The first-order chi connectivity index (χ1) is 20.3. The van der Waals surface area contributed by atoms with Gasteiger partial charge in [0.1, 0.15) is 11.7 Å². The third kappa shape index (κ3) is 8.21. The number of alkyl halides is 3. The highest BCUT2D eigenvalue weighted by molar-refractivity contribution is 6.31. The molecule has 0 aliphatic rings. The Balaban J connectivity index is 1.58. The molecule has 4 aromatic rings. The summed E-state index contributed by atoms with van der Waals surface area (Å²) < 4.78 is 57.7. The average molecular weight is 620 g/mol. The molecule has 0 saturated heterocycles. The first-order valence-corrected chi connectivity index (χ1v) is 14.3. The van der Waals surface area contributed by atoms with Gasteiger partial charge in [-0.2, -0.15) is 18.2 Å². The van der Waals surface area contributed by atoms with Crippen LogP contribution in [0.15, 0.2) is 53.5 Å². The molecule has 4 rings (SSSR count). The molecule has 2 atom stereocenters. The van der Waals surface area contributed by atoms with Crippen molar-refractivity contribution in [3.05, 3.63) is 81.1 Å². The highest BCUT2D eigenvalue weighted by Gasteiger charge is 2.40. The van der Waals surface area contributed by atoms with Crippen molar-refractivity contribution in [2.45, 2.75) is 57.8 Å². The van der Waals surface area contributed by atoms with Crippen molar-refractivity contribution in [3.63, 3.8) is 0 Å². The largest absolute Gasteiger partial charge is 0.407 e. The molecule has 0 bridgehead atoms. The van der Waals surface area contributed by atoms with Crippen LogP contribution in [0.25, 0.3) is 28.0 Å². The highest BCUT2D eigenvalue weighted by Crippen LogP contribution is 2.34. The van der Waals surface area contributed by atoms with Gasteiger partial charge in [0, 0.05) is 29.7 Å². The Morgan fingerprint density at radius 1 is 1.16 bits per heavy atom. The lowest BCUT2D eigenvalue weighted by molar-refractivity contribution is -0.157. The summed E-state index contributed by atoms with van der Waals surface area (Å²) in [6, 6.07) is 8.56. The summed E-state index contributed by atoms with van der Waals surface area (Å²) in [6.07, 6.45) is -0.346. The first kappa shape index (κ1) is 32.2. The summed E-state index contributed by atoms with van der Waals surface area (Å²) >= 11 is 6.19. The average Bonchev–Trinajstić information content (AvgIpc) is 3.33. The topological polar surface area (TPSA) is 125 Å². The molecular weight excluding hydrogens is 586 g/mol. The van der Waals surface area contributed by atoms with Crippen LogP contribution in [0.4, 0.5) is 17.6 Å². The van der Waals surface area contributed by atoms with Crippen molar-refractivity contribution >= 4 is 28.5 Å². The van der Waals surface area contributed by atoms with Crippen molar-refractivity contribution in [2.75, 3.05) is 13.1 Å². The summed E-state index contributed by atoms with van der Waals surface area (Å²) in [5, 5.41) is 13.1. The fourth-order valence-corrected chi connectivity index (χ4v) is 5.04. The molecular formula is C30H34ClF4N7O. The molecule has 6 N–H and O–H groups in total. The predicted octanol–water partition coefficient (Wildman–Crippen LogP) is 6.01. The van der Waals surface area contributed by atoms with Crippen LogP contribution in [0.1, 0.15) is 50.3 Å². The van der Waals surface area contributed by atoms with E-state index in [1.807, 2.05) is 6.92 Å². The normalized spacial score (nSPS) is 13.3. The Labute approximate surface area is 251 Å². The van der Waals surface area contributed by atoms with E-state index in [9.17, 15) is 18.0 Å². The number of rotatable bonds is 12. The van der Waals surface area contributed by atoms with Crippen LogP contribution in [0, 0.1) is 11.2 Å². The molecule has 0 amide bonds. The van der Waals surface area contributed by atoms with Crippen LogP contribution < -0.4 is 22.1 Å². The molecule has 0 radical (unpaired) electrons. The van der Waals surface area contributed by atoms with Gasteiger partial charge >= 0.3 is 11.9 Å². The number of amidine groups is 1. The third-order valence-corrected chi connectivity index (χ3v) is 7.21. The summed E-state index contributed by atoms with van der Waals surface area (Å²) in [4.78, 5) is 19.9. The van der Waals surface area contributed by atoms with Crippen LogP contribution in [0.3, 0.4) is 0 Å². The Morgan fingerprint density at radius 3 is 2.53 bits per heavy atom. The molecule has 0 aliphatic carbocycles. The summed E-state index contributed by atoms with van der Waals surface area (Å²) in [7, 11) is 0. The first-order valence-electron chi connectivity index (χ1n) is 13.9. The van der Waals surface area contributed by atoms with E-state index < -0.39 is 23.7 Å². The van der Waals surface area contributed by atoms with Gasteiger partial charge < -0.3 is 21.4 Å². The lowest BCUT2D eigenvalue weighted by atomic mass is 10.0. The second-order valence-corrected chi connectivity index (χ2v) is 11.0. The third-order valence-electron chi connectivity index (χ3n) is 6.94. The molecule has 0 unspecified atom stereocenters. The number of halogens is 5.